The van der Waals surface area contributed by atoms with Gasteiger partial charge in [0, 0.05) is 10.8 Å². The minimum absolute atomic E-state index is 0.000521. The summed E-state index contributed by atoms with van der Waals surface area (Å²) in [5, 5.41) is 0. The fraction of sp³-hybridized carbons (Fsp3) is 0.636. The van der Waals surface area contributed by atoms with Gasteiger partial charge in [-0.15, -0.1) is 0 Å². The quantitative estimate of drug-likeness (QED) is 0.239. The highest BCUT2D eigenvalue weighted by molar-refractivity contribution is 5.89. The molecule has 0 spiro atoms. The van der Waals surface area contributed by atoms with Gasteiger partial charge in [0.25, 0.3) is 0 Å². The van der Waals surface area contributed by atoms with Crippen LogP contribution in [0.3, 0.4) is 0 Å². The Bertz CT molecular complexity index is 1560. The average molecular weight is 651 g/mol. The fourth-order valence-corrected chi connectivity index (χ4v) is 13.1. The van der Waals surface area contributed by atoms with Gasteiger partial charge in [-0.3, -0.25) is 0 Å². The molecule has 0 aliphatic heterocycles. The molecule has 0 bridgehead atoms. The van der Waals surface area contributed by atoms with E-state index in [2.05, 4.69) is 54.5 Å². The highest BCUT2D eigenvalue weighted by Gasteiger charge is 2.70. The second-order valence-corrected chi connectivity index (χ2v) is 18.1. The van der Waals surface area contributed by atoms with Crippen LogP contribution in [0.25, 0.3) is 0 Å². The predicted molar refractivity (Wildman–Crippen MR) is 191 cm³/mol. The summed E-state index contributed by atoms with van der Waals surface area (Å²) in [7, 11) is 0. The molecule has 10 atom stereocenters. The van der Waals surface area contributed by atoms with E-state index in [0.717, 1.165) is 25.7 Å². The van der Waals surface area contributed by atoms with Crippen molar-refractivity contribution in [3.05, 3.63) is 83.4 Å². The van der Waals surface area contributed by atoms with Gasteiger partial charge in [0.1, 0.15) is 6.10 Å². The van der Waals surface area contributed by atoms with Crippen LogP contribution in [-0.2, 0) is 9.47 Å². The summed E-state index contributed by atoms with van der Waals surface area (Å²) in [6, 6.07) is 19.0. The van der Waals surface area contributed by atoms with Crippen molar-refractivity contribution < 1.29 is 19.1 Å². The van der Waals surface area contributed by atoms with Crippen LogP contribution in [-0.4, -0.2) is 24.6 Å². The van der Waals surface area contributed by atoms with Crippen molar-refractivity contribution in [2.24, 2.45) is 56.7 Å². The Labute approximate surface area is 289 Å². The number of hydrogen-bond acceptors (Lipinski definition) is 4. The number of benzene rings is 2. The van der Waals surface area contributed by atoms with Crippen molar-refractivity contribution >= 4 is 11.9 Å². The number of carbonyl (C=O) groups is 2. The van der Waals surface area contributed by atoms with E-state index in [1.165, 1.54) is 37.7 Å². The Morgan fingerprint density at radius 2 is 1.38 bits per heavy atom. The third-order valence-corrected chi connectivity index (χ3v) is 16.0. The average Bonchev–Trinajstić information content (AvgIpc) is 3.08. The zero-order chi connectivity index (χ0) is 34.1. The van der Waals surface area contributed by atoms with Crippen molar-refractivity contribution in [3.63, 3.8) is 0 Å². The van der Waals surface area contributed by atoms with Crippen LogP contribution in [0.1, 0.15) is 127 Å². The summed E-state index contributed by atoms with van der Waals surface area (Å²) in [5.41, 5.74) is 3.42. The topological polar surface area (TPSA) is 52.6 Å². The van der Waals surface area contributed by atoms with Crippen molar-refractivity contribution in [3.8, 4) is 0 Å². The molecule has 5 aliphatic rings. The highest BCUT2D eigenvalue weighted by Crippen LogP contribution is 2.77. The van der Waals surface area contributed by atoms with Crippen LogP contribution in [0.2, 0.25) is 0 Å². The van der Waals surface area contributed by atoms with Gasteiger partial charge in [-0.25, -0.2) is 9.59 Å². The minimum atomic E-state index is -0.189. The lowest BCUT2D eigenvalue weighted by atomic mass is 9.31. The molecule has 0 amide bonds. The number of allylic oxidation sites excluding steroid dienone is 2. The SMILES string of the molecule is CC1=CC[C@]2(COC(=O)c3ccccc3)CC[C@]3(C)C(CC[C@@H]4[C@@]5(C)CC[C@H](OC(=O)c6ccccc6)C(C)(C)[C@@H]5CC[C@]43C)[C@H]2[C@@H]1C. The molecular weight excluding hydrogens is 592 g/mol. The molecule has 5 aliphatic carbocycles. The summed E-state index contributed by atoms with van der Waals surface area (Å²) in [4.78, 5) is 26.4. The first-order valence-electron chi connectivity index (χ1n) is 18.9. The molecule has 4 heteroatoms. The maximum atomic E-state index is 13.2. The van der Waals surface area contributed by atoms with Gasteiger partial charge in [0.15, 0.2) is 0 Å². The molecule has 0 heterocycles. The standard InChI is InChI=1S/C44H58O4/c1-29-20-25-44(28-47-38(45)31-14-10-8-11-15-31)27-26-42(6)33(37(44)30(29)2)18-19-35-41(5)23-22-36(48-39(46)32-16-12-9-13-17-32)40(3,4)34(41)21-24-43(35,42)7/h8-17,20,30,33-37H,18-19,21-28H2,1-7H3/t30-,33?,34+,35-,36+,37-,41+,42-,43-,44-/m1/s1. The summed E-state index contributed by atoms with van der Waals surface area (Å²) in [6.07, 6.45) is 12.7. The molecule has 0 saturated heterocycles. The molecule has 48 heavy (non-hydrogen) atoms. The molecular formula is C44H58O4. The zero-order valence-electron chi connectivity index (χ0n) is 30.5. The van der Waals surface area contributed by atoms with E-state index in [9.17, 15) is 9.59 Å². The molecule has 0 aromatic heterocycles. The third-order valence-electron chi connectivity index (χ3n) is 16.0. The molecule has 0 radical (unpaired) electrons. The fourth-order valence-electron chi connectivity index (χ4n) is 13.1. The number of carbonyl (C=O) groups excluding carboxylic acids is 2. The van der Waals surface area contributed by atoms with Gasteiger partial charge in [-0.05, 0) is 135 Å². The van der Waals surface area contributed by atoms with E-state index in [4.69, 9.17) is 9.47 Å². The number of esters is 2. The molecule has 4 saturated carbocycles. The first-order chi connectivity index (χ1) is 22.8. The lowest BCUT2D eigenvalue weighted by molar-refractivity contribution is -0.253. The van der Waals surface area contributed by atoms with E-state index in [-0.39, 0.29) is 45.1 Å². The van der Waals surface area contributed by atoms with Crippen LogP contribution in [0.4, 0.5) is 0 Å². The lowest BCUT2D eigenvalue weighted by Crippen LogP contribution is -2.67. The maximum absolute atomic E-state index is 13.2. The van der Waals surface area contributed by atoms with E-state index in [0.29, 0.717) is 47.3 Å². The first kappa shape index (κ1) is 33.6. The van der Waals surface area contributed by atoms with Crippen LogP contribution in [0.5, 0.6) is 0 Å². The molecule has 2 aromatic rings. The van der Waals surface area contributed by atoms with Crippen molar-refractivity contribution in [2.45, 2.75) is 112 Å². The summed E-state index contributed by atoms with van der Waals surface area (Å²) < 4.78 is 12.6. The molecule has 1 unspecified atom stereocenters. The van der Waals surface area contributed by atoms with Crippen LogP contribution in [0.15, 0.2) is 72.3 Å². The van der Waals surface area contributed by atoms with E-state index < -0.39 is 0 Å². The number of ether oxygens (including phenoxy) is 2. The van der Waals surface area contributed by atoms with E-state index in [1.807, 2.05) is 60.7 Å². The van der Waals surface area contributed by atoms with Crippen molar-refractivity contribution in [2.75, 3.05) is 6.61 Å². The molecule has 2 aromatic carbocycles. The zero-order valence-corrected chi connectivity index (χ0v) is 30.5. The van der Waals surface area contributed by atoms with Gasteiger partial charge in [-0.2, -0.15) is 0 Å². The van der Waals surface area contributed by atoms with Gasteiger partial charge in [0.2, 0.25) is 0 Å². The van der Waals surface area contributed by atoms with Crippen LogP contribution < -0.4 is 0 Å². The van der Waals surface area contributed by atoms with Gasteiger partial charge in [0.05, 0.1) is 17.7 Å². The number of rotatable bonds is 5. The normalized spacial score (nSPS) is 41.4. The monoisotopic (exact) mass is 650 g/mol. The molecule has 7 rings (SSSR count). The number of fused-ring (bicyclic) bond motifs is 7. The second-order valence-electron chi connectivity index (χ2n) is 18.1. The summed E-state index contributed by atoms with van der Waals surface area (Å²) in [6.45, 7) is 18.1. The molecule has 258 valence electrons. The molecule has 4 nitrogen and oxygen atoms in total. The lowest BCUT2D eigenvalue weighted by Gasteiger charge is -2.73. The van der Waals surface area contributed by atoms with Crippen molar-refractivity contribution in [1.29, 1.82) is 0 Å². The first-order valence-corrected chi connectivity index (χ1v) is 18.9. The third kappa shape index (κ3) is 4.97. The largest absolute Gasteiger partial charge is 0.461 e. The number of hydrogen-bond donors (Lipinski definition) is 0. The molecule has 0 N–H and O–H groups in total. The Morgan fingerprint density at radius 1 is 0.729 bits per heavy atom. The Balaban J connectivity index is 1.15. The Morgan fingerprint density at radius 3 is 2.04 bits per heavy atom. The Hall–Kier alpha value is -2.88. The van der Waals surface area contributed by atoms with E-state index in [1.54, 1.807) is 0 Å². The smallest absolute Gasteiger partial charge is 0.338 e. The molecule has 4 fully saturated rings. The minimum Gasteiger partial charge on any atom is -0.461 e. The van der Waals surface area contributed by atoms with E-state index >= 15 is 0 Å². The summed E-state index contributed by atoms with van der Waals surface area (Å²) >= 11 is 0. The van der Waals surface area contributed by atoms with Crippen LogP contribution >= 0.6 is 0 Å². The second kappa shape index (κ2) is 11.9. The van der Waals surface area contributed by atoms with Gasteiger partial charge < -0.3 is 9.47 Å². The van der Waals surface area contributed by atoms with Gasteiger partial charge in [-0.1, -0.05) is 89.6 Å². The Kier molecular flexibility index (Phi) is 8.31. The van der Waals surface area contributed by atoms with Gasteiger partial charge >= 0.3 is 11.9 Å². The predicted octanol–water partition coefficient (Wildman–Crippen LogP) is 10.7. The highest BCUT2D eigenvalue weighted by atomic mass is 16.5. The van der Waals surface area contributed by atoms with Crippen molar-refractivity contribution in [1.82, 2.24) is 0 Å². The van der Waals surface area contributed by atoms with Crippen LogP contribution in [0, 0.1) is 56.7 Å². The summed E-state index contributed by atoms with van der Waals surface area (Å²) in [5.74, 6) is 2.40. The maximum Gasteiger partial charge on any atom is 0.338 e.